The first kappa shape index (κ1) is 16.9. The first-order chi connectivity index (χ1) is 10.1. The SMILES string of the molecule is CN=C(NCCN1CCCCC1C)NCC1(C)CCCS1. The Hall–Kier alpha value is -0.420. The molecule has 122 valence electrons. The van der Waals surface area contributed by atoms with Crippen LogP contribution in [0.4, 0.5) is 0 Å². The van der Waals surface area contributed by atoms with Crippen molar-refractivity contribution in [1.82, 2.24) is 15.5 Å². The third-order valence-corrected chi connectivity index (χ3v) is 6.32. The van der Waals surface area contributed by atoms with Crippen LogP contribution in [0.1, 0.15) is 46.0 Å². The Labute approximate surface area is 134 Å². The van der Waals surface area contributed by atoms with Gasteiger partial charge < -0.3 is 10.6 Å². The van der Waals surface area contributed by atoms with E-state index in [1.807, 2.05) is 7.05 Å². The molecule has 2 saturated heterocycles. The summed E-state index contributed by atoms with van der Waals surface area (Å²) in [6.07, 6.45) is 6.76. The van der Waals surface area contributed by atoms with Gasteiger partial charge in [0.15, 0.2) is 5.96 Å². The lowest BCUT2D eigenvalue weighted by Crippen LogP contribution is -2.47. The van der Waals surface area contributed by atoms with Crippen molar-refractivity contribution in [2.75, 3.05) is 39.0 Å². The van der Waals surface area contributed by atoms with Crippen molar-refractivity contribution in [2.45, 2.75) is 56.7 Å². The van der Waals surface area contributed by atoms with Crippen molar-refractivity contribution in [3.63, 3.8) is 0 Å². The summed E-state index contributed by atoms with van der Waals surface area (Å²) in [5, 5.41) is 6.97. The fraction of sp³-hybridized carbons (Fsp3) is 0.938. The minimum atomic E-state index is 0.388. The Bertz CT molecular complexity index is 339. The van der Waals surface area contributed by atoms with Crippen LogP contribution in [0.25, 0.3) is 0 Å². The molecule has 21 heavy (non-hydrogen) atoms. The Kier molecular flexibility index (Phi) is 6.68. The molecular formula is C16H32N4S. The largest absolute Gasteiger partial charge is 0.355 e. The molecule has 2 N–H and O–H groups in total. The van der Waals surface area contributed by atoms with E-state index in [4.69, 9.17) is 0 Å². The van der Waals surface area contributed by atoms with E-state index in [9.17, 15) is 0 Å². The number of rotatable bonds is 5. The van der Waals surface area contributed by atoms with E-state index in [0.717, 1.165) is 31.6 Å². The van der Waals surface area contributed by atoms with Crippen molar-refractivity contribution in [3.8, 4) is 0 Å². The molecule has 0 aromatic carbocycles. The summed E-state index contributed by atoms with van der Waals surface area (Å²) in [4.78, 5) is 6.94. The van der Waals surface area contributed by atoms with Gasteiger partial charge in [0, 0.05) is 37.5 Å². The smallest absolute Gasteiger partial charge is 0.191 e. The third kappa shape index (κ3) is 5.37. The van der Waals surface area contributed by atoms with Crippen LogP contribution in [-0.4, -0.2) is 60.6 Å². The number of thioether (sulfide) groups is 1. The highest BCUT2D eigenvalue weighted by Crippen LogP contribution is 2.36. The van der Waals surface area contributed by atoms with Gasteiger partial charge in [-0.3, -0.25) is 9.89 Å². The molecule has 2 aliphatic heterocycles. The minimum Gasteiger partial charge on any atom is -0.355 e. The van der Waals surface area contributed by atoms with E-state index in [2.05, 4.69) is 46.1 Å². The molecular weight excluding hydrogens is 280 g/mol. The van der Waals surface area contributed by atoms with Crippen LogP contribution in [0, 0.1) is 0 Å². The average molecular weight is 313 g/mol. The first-order valence-corrected chi connectivity index (χ1v) is 9.44. The second-order valence-corrected chi connectivity index (χ2v) is 8.32. The maximum Gasteiger partial charge on any atom is 0.191 e. The number of hydrogen-bond acceptors (Lipinski definition) is 3. The Morgan fingerprint density at radius 2 is 2.19 bits per heavy atom. The predicted octanol–water partition coefficient (Wildman–Crippen LogP) is 2.31. The maximum absolute atomic E-state index is 4.35. The molecule has 2 aliphatic rings. The summed E-state index contributed by atoms with van der Waals surface area (Å²) < 4.78 is 0.388. The van der Waals surface area contributed by atoms with Crippen molar-refractivity contribution >= 4 is 17.7 Å². The quantitative estimate of drug-likeness (QED) is 0.604. The highest BCUT2D eigenvalue weighted by molar-refractivity contribution is 8.00. The Morgan fingerprint density at radius 1 is 1.33 bits per heavy atom. The van der Waals surface area contributed by atoms with Crippen molar-refractivity contribution in [2.24, 2.45) is 4.99 Å². The van der Waals surface area contributed by atoms with Crippen molar-refractivity contribution in [1.29, 1.82) is 0 Å². The normalized spacial score (nSPS) is 31.4. The van der Waals surface area contributed by atoms with Crippen molar-refractivity contribution < 1.29 is 0 Å². The molecule has 0 aromatic rings. The molecule has 2 unspecified atom stereocenters. The van der Waals surface area contributed by atoms with Gasteiger partial charge in [0.1, 0.15) is 0 Å². The molecule has 4 nitrogen and oxygen atoms in total. The summed E-state index contributed by atoms with van der Waals surface area (Å²) in [6.45, 7) is 9.08. The van der Waals surface area contributed by atoms with Gasteiger partial charge in [-0.15, -0.1) is 0 Å². The number of piperidine rings is 1. The lowest BCUT2D eigenvalue weighted by atomic mass is 10.0. The molecule has 0 bridgehead atoms. The Morgan fingerprint density at radius 3 is 2.86 bits per heavy atom. The molecule has 5 heteroatoms. The van der Waals surface area contributed by atoms with Gasteiger partial charge in [-0.1, -0.05) is 6.42 Å². The number of nitrogens with one attached hydrogen (secondary N) is 2. The molecule has 0 amide bonds. The fourth-order valence-electron chi connectivity index (χ4n) is 3.28. The summed E-state index contributed by atoms with van der Waals surface area (Å²) in [7, 11) is 1.86. The van der Waals surface area contributed by atoms with E-state index in [-0.39, 0.29) is 0 Å². The highest BCUT2D eigenvalue weighted by Gasteiger charge is 2.29. The van der Waals surface area contributed by atoms with Crippen LogP contribution < -0.4 is 10.6 Å². The van der Waals surface area contributed by atoms with Gasteiger partial charge in [0.05, 0.1) is 0 Å². The monoisotopic (exact) mass is 312 g/mol. The van der Waals surface area contributed by atoms with Crippen LogP contribution in [0.15, 0.2) is 4.99 Å². The molecule has 2 rings (SSSR count). The van der Waals surface area contributed by atoms with Gasteiger partial charge in [0.2, 0.25) is 0 Å². The standard InChI is InChI=1S/C16H32N4S/c1-14-7-4-5-10-20(14)11-9-18-15(17-3)19-13-16(2)8-6-12-21-16/h14H,4-13H2,1-3H3,(H2,17,18,19). The molecule has 0 aromatic heterocycles. The number of aliphatic imine (C=N–C) groups is 1. The molecule has 0 aliphatic carbocycles. The van der Waals surface area contributed by atoms with E-state index in [1.54, 1.807) is 0 Å². The summed E-state index contributed by atoms with van der Waals surface area (Å²) >= 11 is 2.09. The zero-order valence-corrected chi connectivity index (χ0v) is 14.8. The van der Waals surface area contributed by atoms with E-state index < -0.39 is 0 Å². The van der Waals surface area contributed by atoms with Gasteiger partial charge >= 0.3 is 0 Å². The van der Waals surface area contributed by atoms with Gasteiger partial charge in [-0.25, -0.2) is 0 Å². The average Bonchev–Trinajstić information content (AvgIpc) is 2.91. The summed E-state index contributed by atoms with van der Waals surface area (Å²) in [5.41, 5.74) is 0. The lowest BCUT2D eigenvalue weighted by Gasteiger charge is -2.33. The van der Waals surface area contributed by atoms with Gasteiger partial charge in [0.25, 0.3) is 0 Å². The second kappa shape index (κ2) is 8.28. The molecule has 2 heterocycles. The molecule has 0 radical (unpaired) electrons. The zero-order valence-electron chi connectivity index (χ0n) is 14.0. The first-order valence-electron chi connectivity index (χ1n) is 8.45. The van der Waals surface area contributed by atoms with E-state index in [0.29, 0.717) is 4.75 Å². The van der Waals surface area contributed by atoms with Gasteiger partial charge in [-0.2, -0.15) is 11.8 Å². The minimum absolute atomic E-state index is 0.388. The lowest BCUT2D eigenvalue weighted by molar-refractivity contribution is 0.163. The van der Waals surface area contributed by atoms with Crippen LogP contribution in [0.2, 0.25) is 0 Å². The summed E-state index contributed by atoms with van der Waals surface area (Å²) in [6, 6.07) is 0.740. The van der Waals surface area contributed by atoms with Crippen LogP contribution in [0.5, 0.6) is 0 Å². The van der Waals surface area contributed by atoms with Crippen LogP contribution in [-0.2, 0) is 0 Å². The predicted molar refractivity (Wildman–Crippen MR) is 94.3 cm³/mol. The highest BCUT2D eigenvalue weighted by atomic mass is 32.2. The number of hydrogen-bond donors (Lipinski definition) is 2. The zero-order chi connectivity index (χ0) is 15.1. The van der Waals surface area contributed by atoms with Gasteiger partial charge in [-0.05, 0) is 51.8 Å². The maximum atomic E-state index is 4.35. The number of likely N-dealkylation sites (tertiary alicyclic amines) is 1. The Balaban J connectivity index is 1.65. The second-order valence-electron chi connectivity index (χ2n) is 6.64. The molecule has 2 fully saturated rings. The summed E-state index contributed by atoms with van der Waals surface area (Å²) in [5.74, 6) is 2.25. The van der Waals surface area contributed by atoms with Crippen LogP contribution in [0.3, 0.4) is 0 Å². The van der Waals surface area contributed by atoms with Crippen LogP contribution >= 0.6 is 11.8 Å². The number of nitrogens with zero attached hydrogens (tertiary/aromatic N) is 2. The number of guanidine groups is 1. The van der Waals surface area contributed by atoms with E-state index >= 15 is 0 Å². The van der Waals surface area contributed by atoms with Crippen molar-refractivity contribution in [3.05, 3.63) is 0 Å². The fourth-order valence-corrected chi connectivity index (χ4v) is 4.52. The van der Waals surface area contributed by atoms with E-state index in [1.165, 1.54) is 44.4 Å². The topological polar surface area (TPSA) is 39.7 Å². The third-order valence-electron chi connectivity index (χ3n) is 4.79. The molecule has 0 saturated carbocycles. The molecule has 2 atom stereocenters. The molecule has 0 spiro atoms.